The van der Waals surface area contributed by atoms with E-state index < -0.39 is 0 Å². The zero-order chi connectivity index (χ0) is 21.9. The van der Waals surface area contributed by atoms with Gasteiger partial charge < -0.3 is 19.3 Å². The highest BCUT2D eigenvalue weighted by atomic mass is 32.1. The van der Waals surface area contributed by atoms with Crippen LogP contribution in [-0.2, 0) is 0 Å². The van der Waals surface area contributed by atoms with E-state index in [2.05, 4.69) is 39.8 Å². The Bertz CT molecular complexity index is 1060. The van der Waals surface area contributed by atoms with Gasteiger partial charge in [0.15, 0.2) is 23.0 Å². The van der Waals surface area contributed by atoms with E-state index in [-0.39, 0.29) is 17.6 Å². The number of nitrogens with one attached hydrogen (secondary N) is 1. The van der Waals surface area contributed by atoms with Crippen molar-refractivity contribution >= 4 is 17.2 Å². The number of thiophene rings is 1. The molecular formula is C24H27N3O4S. The van der Waals surface area contributed by atoms with E-state index >= 15 is 0 Å². The monoisotopic (exact) mass is 453 g/mol. The number of hydrogen-bond donors (Lipinski definition) is 1. The number of fused-ring (bicyclic) bond motifs is 1. The van der Waals surface area contributed by atoms with Gasteiger partial charge in [-0.2, -0.15) is 0 Å². The summed E-state index contributed by atoms with van der Waals surface area (Å²) in [6.45, 7) is 6.02. The molecule has 7 nitrogen and oxygen atoms in total. The number of hydrogen-bond acceptors (Lipinski definition) is 7. The molecule has 32 heavy (non-hydrogen) atoms. The van der Waals surface area contributed by atoms with Gasteiger partial charge in [0.1, 0.15) is 13.2 Å². The summed E-state index contributed by atoms with van der Waals surface area (Å²) in [4.78, 5) is 16.6. The summed E-state index contributed by atoms with van der Waals surface area (Å²) in [7, 11) is 0. The van der Waals surface area contributed by atoms with Gasteiger partial charge in [-0.3, -0.25) is 9.69 Å². The maximum Gasteiger partial charge on any atom is 0.273 e. The number of ether oxygens (including phenoxy) is 2. The van der Waals surface area contributed by atoms with E-state index in [0.29, 0.717) is 37.0 Å². The van der Waals surface area contributed by atoms with E-state index in [9.17, 15) is 4.79 Å². The Morgan fingerprint density at radius 2 is 2.00 bits per heavy atom. The Kier molecular flexibility index (Phi) is 6.14. The predicted octanol–water partition coefficient (Wildman–Crippen LogP) is 4.38. The van der Waals surface area contributed by atoms with Crippen LogP contribution in [0.3, 0.4) is 0 Å². The maximum absolute atomic E-state index is 12.8. The van der Waals surface area contributed by atoms with E-state index in [0.717, 1.165) is 24.6 Å². The number of amides is 1. The highest BCUT2D eigenvalue weighted by molar-refractivity contribution is 7.10. The molecule has 1 fully saturated rings. The fourth-order valence-electron chi connectivity index (χ4n) is 4.23. The van der Waals surface area contributed by atoms with Crippen LogP contribution >= 0.6 is 11.3 Å². The number of carbonyl (C=O) groups is 1. The van der Waals surface area contributed by atoms with Crippen LogP contribution in [0, 0.1) is 5.92 Å². The molecule has 5 rings (SSSR count). The topological polar surface area (TPSA) is 76.8 Å². The summed E-state index contributed by atoms with van der Waals surface area (Å²) in [6, 6.07) is 11.6. The molecule has 3 aromatic rings. The number of aromatic nitrogens is 1. The molecule has 1 aromatic carbocycles. The molecule has 2 aromatic heterocycles. The third-order valence-corrected chi connectivity index (χ3v) is 7.13. The molecule has 0 saturated carbocycles. The number of benzene rings is 1. The van der Waals surface area contributed by atoms with Crippen LogP contribution < -0.4 is 14.8 Å². The predicted molar refractivity (Wildman–Crippen MR) is 122 cm³/mol. The molecule has 1 N–H and O–H groups in total. The minimum atomic E-state index is -0.232. The SMILES string of the molecule is CC1CCN(C(CNC(=O)c2cc(-c3ccc4c(c3)OCCO4)on2)c2cccs2)CC1. The minimum absolute atomic E-state index is 0.176. The first-order valence-corrected chi connectivity index (χ1v) is 12.0. The van der Waals surface area contributed by atoms with E-state index in [1.807, 2.05) is 18.2 Å². The lowest BCUT2D eigenvalue weighted by atomic mass is 9.97. The molecule has 1 saturated heterocycles. The first kappa shape index (κ1) is 21.0. The maximum atomic E-state index is 12.8. The zero-order valence-electron chi connectivity index (χ0n) is 18.1. The van der Waals surface area contributed by atoms with Crippen molar-refractivity contribution in [2.45, 2.75) is 25.8 Å². The van der Waals surface area contributed by atoms with Crippen molar-refractivity contribution in [1.29, 1.82) is 0 Å². The van der Waals surface area contributed by atoms with E-state index in [4.69, 9.17) is 14.0 Å². The number of nitrogens with zero attached hydrogens (tertiary/aromatic N) is 2. The molecule has 1 amide bonds. The fourth-order valence-corrected chi connectivity index (χ4v) is 5.09. The van der Waals surface area contributed by atoms with Gasteiger partial charge in [0.2, 0.25) is 0 Å². The van der Waals surface area contributed by atoms with E-state index in [1.165, 1.54) is 17.7 Å². The highest BCUT2D eigenvalue weighted by Crippen LogP contribution is 2.35. The highest BCUT2D eigenvalue weighted by Gasteiger charge is 2.26. The van der Waals surface area contributed by atoms with Gasteiger partial charge in [0.25, 0.3) is 5.91 Å². The van der Waals surface area contributed by atoms with E-state index in [1.54, 1.807) is 17.4 Å². The van der Waals surface area contributed by atoms with Crippen LogP contribution in [0.1, 0.15) is 41.2 Å². The number of piperidine rings is 1. The number of likely N-dealkylation sites (tertiary alicyclic amines) is 1. The lowest BCUT2D eigenvalue weighted by Crippen LogP contribution is -2.41. The van der Waals surface area contributed by atoms with Gasteiger partial charge in [-0.25, -0.2) is 0 Å². The second-order valence-electron chi connectivity index (χ2n) is 8.39. The fraction of sp³-hybridized carbons (Fsp3) is 0.417. The van der Waals surface area contributed by atoms with Crippen LogP contribution in [0.25, 0.3) is 11.3 Å². The minimum Gasteiger partial charge on any atom is -0.486 e. The third-order valence-electron chi connectivity index (χ3n) is 6.16. The second-order valence-corrected chi connectivity index (χ2v) is 9.37. The van der Waals surface area contributed by atoms with Crippen LogP contribution in [0.15, 0.2) is 46.3 Å². The van der Waals surface area contributed by atoms with Gasteiger partial charge in [-0.1, -0.05) is 18.1 Å². The van der Waals surface area contributed by atoms with Gasteiger partial charge in [-0.05, 0) is 61.5 Å². The van der Waals surface area contributed by atoms with Crippen molar-refractivity contribution in [2.24, 2.45) is 5.92 Å². The van der Waals surface area contributed by atoms with Gasteiger partial charge in [-0.15, -0.1) is 11.3 Å². The smallest absolute Gasteiger partial charge is 0.273 e. The summed E-state index contributed by atoms with van der Waals surface area (Å²) in [6.07, 6.45) is 2.38. The van der Waals surface area contributed by atoms with Crippen molar-refractivity contribution in [3.63, 3.8) is 0 Å². The number of carbonyl (C=O) groups excluding carboxylic acids is 1. The molecule has 1 atom stereocenters. The summed E-state index contributed by atoms with van der Waals surface area (Å²) in [5, 5.41) is 9.16. The molecule has 8 heteroatoms. The van der Waals surface area contributed by atoms with Gasteiger partial charge in [0.05, 0.1) is 6.04 Å². The molecule has 0 bridgehead atoms. The summed E-state index contributed by atoms with van der Waals surface area (Å²) < 4.78 is 16.6. The summed E-state index contributed by atoms with van der Waals surface area (Å²) in [5.41, 5.74) is 1.06. The molecule has 0 aliphatic carbocycles. The van der Waals surface area contributed by atoms with Crippen LogP contribution in [-0.4, -0.2) is 48.8 Å². The molecule has 0 spiro atoms. The first-order valence-electron chi connectivity index (χ1n) is 11.1. The quantitative estimate of drug-likeness (QED) is 0.597. The second kappa shape index (κ2) is 9.34. The van der Waals surface area contributed by atoms with Gasteiger partial charge in [0, 0.05) is 23.1 Å². The standard InChI is InChI=1S/C24H27N3O4S/c1-16-6-8-27(9-7-16)19(23-3-2-12-32-23)15-25-24(28)18-14-21(31-26-18)17-4-5-20-22(13-17)30-11-10-29-20/h2-5,12-14,16,19H,6-11,15H2,1H3,(H,25,28). The van der Waals surface area contributed by atoms with Crippen molar-refractivity contribution < 1.29 is 18.8 Å². The Morgan fingerprint density at radius 1 is 1.19 bits per heavy atom. The molecule has 168 valence electrons. The molecule has 0 radical (unpaired) electrons. The Balaban J connectivity index is 1.26. The van der Waals surface area contributed by atoms with Crippen molar-refractivity contribution in [3.05, 3.63) is 52.3 Å². The molecule has 2 aliphatic rings. The van der Waals surface area contributed by atoms with Crippen LogP contribution in [0.4, 0.5) is 0 Å². The Hall–Kier alpha value is -2.84. The third kappa shape index (κ3) is 4.52. The average molecular weight is 454 g/mol. The zero-order valence-corrected chi connectivity index (χ0v) is 18.9. The number of rotatable bonds is 6. The van der Waals surface area contributed by atoms with Crippen LogP contribution in [0.2, 0.25) is 0 Å². The lowest BCUT2D eigenvalue weighted by molar-refractivity contribution is 0.0906. The first-order chi connectivity index (χ1) is 15.7. The van der Waals surface area contributed by atoms with Crippen molar-refractivity contribution in [3.8, 4) is 22.8 Å². The molecule has 1 unspecified atom stereocenters. The Labute approximate surface area is 191 Å². The normalized spacial score (nSPS) is 17.8. The largest absolute Gasteiger partial charge is 0.486 e. The summed E-state index contributed by atoms with van der Waals surface area (Å²) >= 11 is 1.74. The lowest BCUT2D eigenvalue weighted by Gasteiger charge is -2.36. The molecule has 2 aliphatic heterocycles. The summed E-state index contributed by atoms with van der Waals surface area (Å²) in [5.74, 6) is 2.44. The van der Waals surface area contributed by atoms with Crippen LogP contribution in [0.5, 0.6) is 11.5 Å². The molecule has 4 heterocycles. The molecular weight excluding hydrogens is 426 g/mol. The Morgan fingerprint density at radius 3 is 2.78 bits per heavy atom. The van der Waals surface area contributed by atoms with Crippen molar-refractivity contribution in [2.75, 3.05) is 32.8 Å². The average Bonchev–Trinajstić information content (AvgIpc) is 3.53. The van der Waals surface area contributed by atoms with Crippen molar-refractivity contribution in [1.82, 2.24) is 15.4 Å². The van der Waals surface area contributed by atoms with Gasteiger partial charge >= 0.3 is 0 Å².